The normalized spacial score (nSPS) is 41.9. The third kappa shape index (κ3) is 2.89. The standard InChI is InChI=1S/C25H32N2O3/c1-24-13-11-19-17(7-10-21-25(19,2)14-12-22(29)27-21)18(24)8-9-20(24)23(30)26-15-3-5-16(28)6-4-15/h3-6,12,14,17-21,28H,7-11,13H2,1-2H3,(H,26,30)(H,27,29)/t17?,18?,19?,20?,21?,24-,25+/m0/s1. The molecule has 0 radical (unpaired) electrons. The minimum atomic E-state index is 0.0318. The minimum Gasteiger partial charge on any atom is -0.508 e. The Morgan fingerprint density at radius 3 is 2.60 bits per heavy atom. The number of anilines is 1. The number of amides is 2. The van der Waals surface area contributed by atoms with E-state index in [4.69, 9.17) is 0 Å². The fraction of sp³-hybridized carbons (Fsp3) is 0.600. The summed E-state index contributed by atoms with van der Waals surface area (Å²) in [5.74, 6) is 2.16. The van der Waals surface area contributed by atoms with Crippen molar-refractivity contribution >= 4 is 17.5 Å². The Morgan fingerprint density at radius 1 is 1.07 bits per heavy atom. The first kappa shape index (κ1) is 19.7. The molecular weight excluding hydrogens is 376 g/mol. The molecule has 1 heterocycles. The predicted octanol–water partition coefficient (Wildman–Crippen LogP) is 4.24. The van der Waals surface area contributed by atoms with Crippen LogP contribution in [0.3, 0.4) is 0 Å². The molecule has 3 saturated carbocycles. The Kier molecular flexibility index (Phi) is 4.49. The van der Waals surface area contributed by atoms with Crippen LogP contribution in [0.2, 0.25) is 0 Å². The van der Waals surface area contributed by atoms with E-state index in [1.165, 1.54) is 0 Å². The zero-order chi connectivity index (χ0) is 21.1. The Morgan fingerprint density at radius 2 is 1.83 bits per heavy atom. The third-order valence-electron chi connectivity index (χ3n) is 9.14. The number of phenols is 1. The van der Waals surface area contributed by atoms with Crippen LogP contribution in [0, 0.1) is 34.5 Å². The van der Waals surface area contributed by atoms with Crippen molar-refractivity contribution in [2.24, 2.45) is 34.5 Å². The van der Waals surface area contributed by atoms with Crippen molar-refractivity contribution in [2.75, 3.05) is 5.32 Å². The van der Waals surface area contributed by atoms with E-state index < -0.39 is 0 Å². The Bertz CT molecular complexity index is 894. The molecule has 3 fully saturated rings. The predicted molar refractivity (Wildman–Crippen MR) is 116 cm³/mol. The van der Waals surface area contributed by atoms with Crippen molar-refractivity contribution in [3.05, 3.63) is 36.4 Å². The molecule has 5 rings (SSSR count). The molecule has 3 N–H and O–H groups in total. The SMILES string of the molecule is C[C@]12C=CC(=O)NC1CCC1C2CC[C@]2(C)C(C(=O)Nc3ccc(O)cc3)CCC12. The Labute approximate surface area is 178 Å². The van der Waals surface area contributed by atoms with E-state index in [-0.39, 0.29) is 40.4 Å². The molecule has 3 aliphatic carbocycles. The molecule has 4 aliphatic rings. The summed E-state index contributed by atoms with van der Waals surface area (Å²) in [5.41, 5.74) is 0.812. The lowest BCUT2D eigenvalue weighted by molar-refractivity contribution is -0.129. The van der Waals surface area contributed by atoms with Gasteiger partial charge in [0.1, 0.15) is 5.75 Å². The maximum absolute atomic E-state index is 13.2. The molecule has 2 amide bonds. The number of fused-ring (bicyclic) bond motifs is 5. The Hall–Kier alpha value is -2.30. The lowest BCUT2D eigenvalue weighted by Crippen LogP contribution is -2.59. The van der Waals surface area contributed by atoms with Gasteiger partial charge < -0.3 is 15.7 Å². The molecule has 1 aliphatic heterocycles. The van der Waals surface area contributed by atoms with Gasteiger partial charge in [-0.15, -0.1) is 0 Å². The monoisotopic (exact) mass is 408 g/mol. The first-order valence-electron chi connectivity index (χ1n) is 11.4. The molecule has 160 valence electrons. The third-order valence-corrected chi connectivity index (χ3v) is 9.14. The molecule has 5 nitrogen and oxygen atoms in total. The van der Waals surface area contributed by atoms with Gasteiger partial charge in [0, 0.05) is 23.1 Å². The van der Waals surface area contributed by atoms with Gasteiger partial charge in [-0.05, 0) is 92.0 Å². The summed E-state index contributed by atoms with van der Waals surface area (Å²) in [7, 11) is 0. The Balaban J connectivity index is 1.36. The molecule has 5 unspecified atom stereocenters. The van der Waals surface area contributed by atoms with E-state index in [1.807, 2.05) is 0 Å². The summed E-state index contributed by atoms with van der Waals surface area (Å²) >= 11 is 0. The maximum atomic E-state index is 13.2. The fourth-order valence-corrected chi connectivity index (χ4v) is 7.54. The fourth-order valence-electron chi connectivity index (χ4n) is 7.54. The molecule has 30 heavy (non-hydrogen) atoms. The highest BCUT2D eigenvalue weighted by atomic mass is 16.3. The van der Waals surface area contributed by atoms with Gasteiger partial charge in [0.05, 0.1) is 0 Å². The number of hydrogen-bond acceptors (Lipinski definition) is 3. The lowest BCUT2D eigenvalue weighted by Gasteiger charge is -2.58. The van der Waals surface area contributed by atoms with Crippen molar-refractivity contribution in [1.29, 1.82) is 0 Å². The summed E-state index contributed by atoms with van der Waals surface area (Å²) in [6, 6.07) is 6.97. The van der Waals surface area contributed by atoms with Crippen LogP contribution < -0.4 is 10.6 Å². The van der Waals surface area contributed by atoms with Crippen molar-refractivity contribution in [3.63, 3.8) is 0 Å². The number of carbonyl (C=O) groups excluding carboxylic acids is 2. The van der Waals surface area contributed by atoms with Gasteiger partial charge in [0.15, 0.2) is 0 Å². The van der Waals surface area contributed by atoms with Crippen LogP contribution in [0.5, 0.6) is 5.75 Å². The largest absolute Gasteiger partial charge is 0.508 e. The molecule has 0 aromatic heterocycles. The minimum absolute atomic E-state index is 0.0318. The maximum Gasteiger partial charge on any atom is 0.243 e. The van der Waals surface area contributed by atoms with Crippen molar-refractivity contribution in [1.82, 2.24) is 5.32 Å². The van der Waals surface area contributed by atoms with Crippen molar-refractivity contribution in [3.8, 4) is 5.75 Å². The van der Waals surface area contributed by atoms with Crippen LogP contribution in [-0.2, 0) is 9.59 Å². The number of nitrogens with one attached hydrogen (secondary N) is 2. The molecule has 1 aromatic rings. The average molecular weight is 409 g/mol. The number of phenolic OH excluding ortho intramolecular Hbond substituents is 1. The second kappa shape index (κ2) is 6.86. The zero-order valence-corrected chi connectivity index (χ0v) is 17.9. The molecule has 5 heteroatoms. The number of carbonyl (C=O) groups is 2. The highest BCUT2D eigenvalue weighted by Crippen LogP contribution is 2.65. The summed E-state index contributed by atoms with van der Waals surface area (Å²) in [4.78, 5) is 25.1. The van der Waals surface area contributed by atoms with Gasteiger partial charge >= 0.3 is 0 Å². The zero-order valence-electron chi connectivity index (χ0n) is 17.9. The van der Waals surface area contributed by atoms with E-state index in [0.717, 1.165) is 44.2 Å². The molecule has 0 spiro atoms. The second-order valence-corrected chi connectivity index (χ2v) is 10.4. The van der Waals surface area contributed by atoms with Crippen LogP contribution in [0.15, 0.2) is 36.4 Å². The second-order valence-electron chi connectivity index (χ2n) is 10.4. The first-order chi connectivity index (χ1) is 14.3. The molecule has 0 saturated heterocycles. The van der Waals surface area contributed by atoms with Gasteiger partial charge in [0.25, 0.3) is 0 Å². The summed E-state index contributed by atoms with van der Waals surface area (Å²) in [6.45, 7) is 4.67. The van der Waals surface area contributed by atoms with Crippen LogP contribution in [-0.4, -0.2) is 23.0 Å². The van der Waals surface area contributed by atoms with E-state index in [2.05, 4.69) is 30.6 Å². The molecule has 7 atom stereocenters. The molecule has 1 aromatic carbocycles. The average Bonchev–Trinajstić information content (AvgIpc) is 3.07. The first-order valence-corrected chi connectivity index (χ1v) is 11.4. The topological polar surface area (TPSA) is 78.4 Å². The van der Waals surface area contributed by atoms with Gasteiger partial charge in [-0.3, -0.25) is 9.59 Å². The summed E-state index contributed by atoms with van der Waals surface area (Å²) < 4.78 is 0. The van der Waals surface area contributed by atoms with Crippen molar-refractivity contribution < 1.29 is 14.7 Å². The number of rotatable bonds is 2. The highest BCUT2D eigenvalue weighted by Gasteiger charge is 2.60. The lowest BCUT2D eigenvalue weighted by atomic mass is 9.48. The van der Waals surface area contributed by atoms with Crippen LogP contribution >= 0.6 is 0 Å². The van der Waals surface area contributed by atoms with Gasteiger partial charge in [-0.1, -0.05) is 19.9 Å². The van der Waals surface area contributed by atoms with E-state index in [0.29, 0.717) is 17.8 Å². The highest BCUT2D eigenvalue weighted by molar-refractivity contribution is 5.93. The van der Waals surface area contributed by atoms with Gasteiger partial charge in [-0.2, -0.15) is 0 Å². The number of hydrogen-bond donors (Lipinski definition) is 3. The van der Waals surface area contributed by atoms with Gasteiger partial charge in [-0.25, -0.2) is 0 Å². The number of aromatic hydroxyl groups is 1. The van der Waals surface area contributed by atoms with Crippen LogP contribution in [0.1, 0.15) is 52.4 Å². The quantitative estimate of drug-likeness (QED) is 0.641. The van der Waals surface area contributed by atoms with E-state index >= 15 is 0 Å². The number of benzene rings is 1. The van der Waals surface area contributed by atoms with Crippen LogP contribution in [0.25, 0.3) is 0 Å². The molecule has 0 bridgehead atoms. The van der Waals surface area contributed by atoms with E-state index in [1.54, 1.807) is 30.3 Å². The van der Waals surface area contributed by atoms with Crippen LogP contribution in [0.4, 0.5) is 5.69 Å². The summed E-state index contributed by atoms with van der Waals surface area (Å²) in [6.07, 6.45) is 10.3. The van der Waals surface area contributed by atoms with Crippen molar-refractivity contribution in [2.45, 2.75) is 58.4 Å². The smallest absolute Gasteiger partial charge is 0.243 e. The van der Waals surface area contributed by atoms with E-state index in [9.17, 15) is 14.7 Å². The van der Waals surface area contributed by atoms with Gasteiger partial charge in [0.2, 0.25) is 11.8 Å². The molecular formula is C25H32N2O3. The summed E-state index contributed by atoms with van der Waals surface area (Å²) in [5, 5.41) is 15.8.